The zero-order valence-corrected chi connectivity index (χ0v) is 20.0. The summed E-state index contributed by atoms with van der Waals surface area (Å²) >= 11 is 6.16. The zero-order chi connectivity index (χ0) is 23.3. The molecule has 1 fully saturated rings. The molecule has 0 saturated carbocycles. The summed E-state index contributed by atoms with van der Waals surface area (Å²) in [5, 5.41) is 3.67. The van der Waals surface area contributed by atoms with Gasteiger partial charge in [0.2, 0.25) is 0 Å². The van der Waals surface area contributed by atoms with E-state index in [0.29, 0.717) is 48.1 Å². The molecule has 7 heteroatoms. The van der Waals surface area contributed by atoms with Crippen molar-refractivity contribution in [1.82, 2.24) is 15.2 Å². The number of carbonyl (C=O) groups is 2. The molecule has 176 valence electrons. The molecule has 0 atom stereocenters. The molecule has 6 nitrogen and oxygen atoms in total. The molecular formula is C26H32ClN3O3. The topological polar surface area (TPSA) is 71.5 Å². The van der Waals surface area contributed by atoms with Crippen molar-refractivity contribution in [2.75, 3.05) is 26.2 Å². The van der Waals surface area contributed by atoms with Gasteiger partial charge >= 0.3 is 0 Å². The number of benzene rings is 1. The van der Waals surface area contributed by atoms with Crippen molar-refractivity contribution in [3.63, 3.8) is 0 Å². The largest absolute Gasteiger partial charge is 0.493 e. The van der Waals surface area contributed by atoms with Gasteiger partial charge in [0, 0.05) is 36.5 Å². The highest BCUT2D eigenvalue weighted by atomic mass is 35.5. The number of ether oxygens (including phenoxy) is 1. The van der Waals surface area contributed by atoms with Gasteiger partial charge < -0.3 is 15.0 Å². The summed E-state index contributed by atoms with van der Waals surface area (Å²) in [6, 6.07) is 8.92. The summed E-state index contributed by atoms with van der Waals surface area (Å²) in [7, 11) is 0. The third-order valence-electron chi connectivity index (χ3n) is 6.94. The lowest BCUT2D eigenvalue weighted by molar-refractivity contribution is 0.0535. The Morgan fingerprint density at radius 1 is 1.09 bits per heavy atom. The summed E-state index contributed by atoms with van der Waals surface area (Å²) in [5.74, 6) is 0.458. The van der Waals surface area contributed by atoms with Gasteiger partial charge in [-0.3, -0.25) is 14.6 Å². The van der Waals surface area contributed by atoms with Gasteiger partial charge in [-0.2, -0.15) is 0 Å². The summed E-state index contributed by atoms with van der Waals surface area (Å²) in [5.41, 5.74) is 2.01. The number of pyridine rings is 1. The van der Waals surface area contributed by atoms with Gasteiger partial charge in [0.1, 0.15) is 5.75 Å². The maximum atomic E-state index is 13.0. The fourth-order valence-electron chi connectivity index (χ4n) is 4.78. The minimum atomic E-state index is -0.157. The van der Waals surface area contributed by atoms with Crippen molar-refractivity contribution in [3.05, 3.63) is 58.4 Å². The maximum absolute atomic E-state index is 13.0. The third kappa shape index (κ3) is 5.85. The van der Waals surface area contributed by atoms with E-state index >= 15 is 0 Å². The van der Waals surface area contributed by atoms with Crippen LogP contribution in [-0.2, 0) is 0 Å². The first-order chi connectivity index (χ1) is 16.0. The van der Waals surface area contributed by atoms with Crippen molar-refractivity contribution in [3.8, 4) is 5.75 Å². The standard InChI is InChI=1S/C26H32ClN3O3/c1-19-6-7-20(17-28-19)25(32)30-13-11-26(12-14-30)10-4-2-3-5-15-33-23-9-8-21(27)16-22(23)24(31)29-18-26/h6-9,16-17H,2-5,10-15,18H2,1H3,(H,29,31). The lowest BCUT2D eigenvalue weighted by atomic mass is 9.74. The van der Waals surface area contributed by atoms with Crippen LogP contribution in [0.2, 0.25) is 5.02 Å². The molecule has 4 rings (SSSR count). The Hall–Kier alpha value is -2.60. The minimum absolute atomic E-state index is 0.00832. The van der Waals surface area contributed by atoms with Crippen LogP contribution in [-0.4, -0.2) is 47.9 Å². The number of rotatable bonds is 1. The molecule has 0 aliphatic carbocycles. The van der Waals surface area contributed by atoms with Crippen molar-refractivity contribution in [2.24, 2.45) is 5.41 Å². The quantitative estimate of drug-likeness (QED) is 0.635. The van der Waals surface area contributed by atoms with Crippen LogP contribution in [0.5, 0.6) is 5.75 Å². The molecule has 2 aliphatic rings. The van der Waals surface area contributed by atoms with Gasteiger partial charge in [-0.25, -0.2) is 0 Å². The minimum Gasteiger partial charge on any atom is -0.493 e. The SMILES string of the molecule is Cc1ccc(C(=O)N2CCC3(CCCCCCOc4ccc(Cl)cc4C(=O)NC3)CC2)cn1. The molecule has 1 aromatic heterocycles. The second kappa shape index (κ2) is 10.6. The van der Waals surface area contributed by atoms with Crippen LogP contribution < -0.4 is 10.1 Å². The first-order valence-electron chi connectivity index (χ1n) is 11.9. The molecule has 2 aromatic rings. The molecule has 2 aliphatic heterocycles. The smallest absolute Gasteiger partial charge is 0.255 e. The number of nitrogens with one attached hydrogen (secondary N) is 1. The van der Waals surface area contributed by atoms with Crippen molar-refractivity contribution in [2.45, 2.75) is 51.9 Å². The molecule has 0 bridgehead atoms. The molecule has 0 unspecified atom stereocenters. The number of likely N-dealkylation sites (tertiary alicyclic amines) is 1. The Kier molecular flexibility index (Phi) is 7.53. The molecule has 0 radical (unpaired) electrons. The Balaban J connectivity index is 1.46. The van der Waals surface area contributed by atoms with E-state index < -0.39 is 0 Å². The van der Waals surface area contributed by atoms with Crippen LogP contribution in [0, 0.1) is 12.3 Å². The van der Waals surface area contributed by atoms with Gasteiger partial charge in [-0.15, -0.1) is 0 Å². The van der Waals surface area contributed by atoms with E-state index in [1.807, 2.05) is 24.0 Å². The monoisotopic (exact) mass is 469 g/mol. The van der Waals surface area contributed by atoms with Crippen molar-refractivity contribution >= 4 is 23.4 Å². The average molecular weight is 470 g/mol. The first kappa shape index (κ1) is 23.6. The van der Waals surface area contributed by atoms with E-state index in [0.717, 1.165) is 50.6 Å². The molecule has 33 heavy (non-hydrogen) atoms. The number of amides is 2. The summed E-state index contributed by atoms with van der Waals surface area (Å²) in [4.78, 5) is 32.2. The Bertz CT molecular complexity index is 985. The number of piperidine rings is 1. The predicted octanol–water partition coefficient (Wildman–Crippen LogP) is 5.04. The number of fused-ring (bicyclic) bond motifs is 1. The summed E-state index contributed by atoms with van der Waals surface area (Å²) in [6.07, 6.45) is 8.77. The van der Waals surface area contributed by atoms with E-state index in [9.17, 15) is 9.59 Å². The number of halogens is 1. The highest BCUT2D eigenvalue weighted by Gasteiger charge is 2.36. The molecule has 1 saturated heterocycles. The molecule has 2 amide bonds. The van der Waals surface area contributed by atoms with E-state index in [1.54, 1.807) is 24.4 Å². The number of aromatic nitrogens is 1. The van der Waals surface area contributed by atoms with E-state index in [1.165, 1.54) is 0 Å². The first-order valence-corrected chi connectivity index (χ1v) is 12.3. The van der Waals surface area contributed by atoms with Crippen LogP contribution in [0.15, 0.2) is 36.5 Å². The third-order valence-corrected chi connectivity index (χ3v) is 7.17. The zero-order valence-electron chi connectivity index (χ0n) is 19.2. The second-order valence-corrected chi connectivity index (χ2v) is 9.75. The number of hydrogen-bond acceptors (Lipinski definition) is 4. The lowest BCUT2D eigenvalue weighted by Gasteiger charge is -2.42. The normalized spacial score (nSPS) is 19.3. The number of nitrogens with zero attached hydrogens (tertiary/aromatic N) is 2. The van der Waals surface area contributed by atoms with Crippen LogP contribution in [0.25, 0.3) is 0 Å². The highest BCUT2D eigenvalue weighted by Crippen LogP contribution is 2.37. The fraction of sp³-hybridized carbons (Fsp3) is 0.500. The van der Waals surface area contributed by atoms with Crippen LogP contribution in [0.1, 0.15) is 71.4 Å². The molecular weight excluding hydrogens is 438 g/mol. The van der Waals surface area contributed by atoms with E-state index in [4.69, 9.17) is 16.3 Å². The summed E-state index contributed by atoms with van der Waals surface area (Å²) in [6.45, 7) is 4.48. The highest BCUT2D eigenvalue weighted by molar-refractivity contribution is 6.31. The van der Waals surface area contributed by atoms with Gasteiger partial charge in [-0.05, 0) is 68.4 Å². The Morgan fingerprint density at radius 2 is 1.88 bits per heavy atom. The number of hydrogen-bond donors (Lipinski definition) is 1. The fourth-order valence-corrected chi connectivity index (χ4v) is 4.95. The molecule has 1 aromatic carbocycles. The van der Waals surface area contributed by atoms with E-state index in [-0.39, 0.29) is 17.2 Å². The van der Waals surface area contributed by atoms with Gasteiger partial charge in [0.15, 0.2) is 0 Å². The molecule has 3 heterocycles. The average Bonchev–Trinajstić information content (AvgIpc) is 2.84. The maximum Gasteiger partial charge on any atom is 0.255 e. The Morgan fingerprint density at radius 3 is 2.64 bits per heavy atom. The van der Waals surface area contributed by atoms with Crippen LogP contribution in [0.4, 0.5) is 0 Å². The second-order valence-electron chi connectivity index (χ2n) is 9.32. The van der Waals surface area contributed by atoms with Crippen molar-refractivity contribution < 1.29 is 14.3 Å². The van der Waals surface area contributed by atoms with Gasteiger partial charge in [0.05, 0.1) is 17.7 Å². The van der Waals surface area contributed by atoms with Gasteiger partial charge in [0.25, 0.3) is 11.8 Å². The van der Waals surface area contributed by atoms with Crippen LogP contribution in [0.3, 0.4) is 0 Å². The molecule has 1 spiro atoms. The van der Waals surface area contributed by atoms with Gasteiger partial charge in [-0.1, -0.05) is 30.9 Å². The predicted molar refractivity (Wildman–Crippen MR) is 129 cm³/mol. The Labute approximate surface area is 200 Å². The van der Waals surface area contributed by atoms with Crippen molar-refractivity contribution in [1.29, 1.82) is 0 Å². The van der Waals surface area contributed by atoms with Crippen LogP contribution >= 0.6 is 11.6 Å². The molecule has 1 N–H and O–H groups in total. The number of carbonyl (C=O) groups excluding carboxylic acids is 2. The number of aryl methyl sites for hydroxylation is 1. The lowest BCUT2D eigenvalue weighted by Crippen LogP contribution is -2.48. The van der Waals surface area contributed by atoms with E-state index in [2.05, 4.69) is 10.3 Å². The summed E-state index contributed by atoms with van der Waals surface area (Å²) < 4.78 is 5.88.